The van der Waals surface area contributed by atoms with Crippen LogP contribution in [0.2, 0.25) is 0 Å². The minimum atomic E-state index is -0.206. The molecule has 6 heteroatoms. The van der Waals surface area contributed by atoms with E-state index in [1.165, 1.54) is 31.5 Å². The molecule has 1 atom stereocenters. The molecular formula is C23H36N4O2. The van der Waals surface area contributed by atoms with Crippen LogP contribution in [0.4, 0.5) is 0 Å². The number of hydrogen-bond acceptors (Lipinski definition) is 4. The molecule has 2 N–H and O–H groups in total. The van der Waals surface area contributed by atoms with Gasteiger partial charge in [-0.15, -0.1) is 0 Å². The first kappa shape index (κ1) is 20.5. The smallest absolute Gasteiger partial charge is 0.191 e. The minimum absolute atomic E-state index is 0.179. The lowest BCUT2D eigenvalue weighted by molar-refractivity contribution is -0.0164. The summed E-state index contributed by atoms with van der Waals surface area (Å²) in [7, 11) is 1.86. The van der Waals surface area contributed by atoms with E-state index in [0.717, 1.165) is 50.7 Å². The Bertz CT molecular complexity index is 721. The van der Waals surface area contributed by atoms with Gasteiger partial charge in [0.1, 0.15) is 11.4 Å². The summed E-state index contributed by atoms with van der Waals surface area (Å²) >= 11 is 0. The minimum Gasteiger partial charge on any atom is -0.487 e. The summed E-state index contributed by atoms with van der Waals surface area (Å²) in [6.07, 6.45) is 5.69. The molecule has 0 spiro atoms. The van der Waals surface area contributed by atoms with Gasteiger partial charge in [-0.05, 0) is 58.7 Å². The number of aliphatic imine (C=N–C) groups is 1. The molecule has 0 aliphatic carbocycles. The van der Waals surface area contributed by atoms with Crippen LogP contribution < -0.4 is 15.4 Å². The summed E-state index contributed by atoms with van der Waals surface area (Å²) in [6, 6.07) is 8.51. The highest BCUT2D eigenvalue weighted by Gasteiger charge is 2.40. The molecule has 4 rings (SSSR count). The molecule has 3 heterocycles. The Morgan fingerprint density at radius 1 is 1.17 bits per heavy atom. The van der Waals surface area contributed by atoms with Crippen LogP contribution >= 0.6 is 0 Å². The van der Waals surface area contributed by atoms with E-state index in [2.05, 4.69) is 52.6 Å². The molecule has 1 aromatic rings. The molecular weight excluding hydrogens is 364 g/mol. The average Bonchev–Trinajstić information content (AvgIpc) is 3.26. The molecule has 1 aromatic carbocycles. The van der Waals surface area contributed by atoms with E-state index >= 15 is 0 Å². The van der Waals surface area contributed by atoms with Crippen molar-refractivity contribution in [3.8, 4) is 5.75 Å². The Kier molecular flexibility index (Phi) is 6.02. The van der Waals surface area contributed by atoms with Gasteiger partial charge in [0.15, 0.2) is 5.96 Å². The number of nitrogens with one attached hydrogen (secondary N) is 2. The number of ether oxygens (including phenoxy) is 2. The highest BCUT2D eigenvalue weighted by atomic mass is 16.5. The fourth-order valence-corrected chi connectivity index (χ4v) is 5.09. The second-order valence-electron chi connectivity index (χ2n) is 9.26. The van der Waals surface area contributed by atoms with E-state index < -0.39 is 0 Å². The molecule has 0 aromatic heterocycles. The molecule has 29 heavy (non-hydrogen) atoms. The summed E-state index contributed by atoms with van der Waals surface area (Å²) in [5, 5.41) is 7.34. The highest BCUT2D eigenvalue weighted by molar-refractivity contribution is 5.80. The summed E-state index contributed by atoms with van der Waals surface area (Å²) in [6.45, 7) is 9.32. The lowest BCUT2D eigenvalue weighted by atomic mass is 9.88. The Morgan fingerprint density at radius 3 is 2.62 bits per heavy atom. The number of rotatable bonds is 4. The number of nitrogens with zero attached hydrogens (tertiary/aromatic N) is 2. The number of likely N-dealkylation sites (tertiary alicyclic amines) is 1. The first-order chi connectivity index (χ1) is 14.0. The molecule has 1 unspecified atom stereocenters. The average molecular weight is 401 g/mol. The zero-order valence-electron chi connectivity index (χ0n) is 18.2. The summed E-state index contributed by atoms with van der Waals surface area (Å²) < 4.78 is 11.9. The molecule has 0 radical (unpaired) electrons. The van der Waals surface area contributed by atoms with Gasteiger partial charge in [-0.3, -0.25) is 9.89 Å². The molecule has 0 bridgehead atoms. The van der Waals surface area contributed by atoms with Crippen molar-refractivity contribution in [2.75, 3.05) is 39.9 Å². The van der Waals surface area contributed by atoms with Crippen LogP contribution in [-0.4, -0.2) is 61.9 Å². The van der Waals surface area contributed by atoms with Gasteiger partial charge in [-0.1, -0.05) is 18.2 Å². The number of para-hydroxylation sites is 1. The van der Waals surface area contributed by atoms with Crippen LogP contribution in [0, 0.1) is 0 Å². The molecule has 3 aliphatic rings. The van der Waals surface area contributed by atoms with Crippen LogP contribution in [-0.2, 0) is 4.74 Å². The van der Waals surface area contributed by atoms with Gasteiger partial charge in [-0.2, -0.15) is 0 Å². The monoisotopic (exact) mass is 400 g/mol. The maximum atomic E-state index is 6.18. The van der Waals surface area contributed by atoms with Crippen molar-refractivity contribution in [1.82, 2.24) is 15.5 Å². The van der Waals surface area contributed by atoms with Gasteiger partial charge in [0.05, 0.1) is 6.04 Å². The zero-order chi connectivity index (χ0) is 20.3. The quantitative estimate of drug-likeness (QED) is 0.601. The van der Waals surface area contributed by atoms with Gasteiger partial charge in [0, 0.05) is 44.3 Å². The van der Waals surface area contributed by atoms with E-state index in [1.54, 1.807) is 0 Å². The van der Waals surface area contributed by atoms with E-state index in [0.29, 0.717) is 0 Å². The second-order valence-corrected chi connectivity index (χ2v) is 9.26. The standard InChI is InChI=1S/C23H36N4O2/c1-22(2)16-19(18-8-4-5-9-20(18)29-22)26-21(24-3)25-17-23(10-14-28-15-11-23)27-12-6-7-13-27/h4-5,8-9,19H,6-7,10-17H2,1-3H3,(H2,24,25,26). The zero-order valence-corrected chi connectivity index (χ0v) is 18.2. The number of benzene rings is 1. The second kappa shape index (κ2) is 8.52. The largest absolute Gasteiger partial charge is 0.487 e. The Hall–Kier alpha value is -1.79. The third kappa shape index (κ3) is 4.53. The summed E-state index contributed by atoms with van der Waals surface area (Å²) in [5.74, 6) is 1.84. The fourth-order valence-electron chi connectivity index (χ4n) is 5.09. The Labute approximate surface area is 175 Å². The first-order valence-electron chi connectivity index (χ1n) is 11.1. The predicted octanol–water partition coefficient (Wildman–Crippen LogP) is 3.10. The van der Waals surface area contributed by atoms with E-state index in [-0.39, 0.29) is 17.2 Å². The molecule has 6 nitrogen and oxygen atoms in total. The van der Waals surface area contributed by atoms with Crippen molar-refractivity contribution in [3.05, 3.63) is 29.8 Å². The van der Waals surface area contributed by atoms with Crippen LogP contribution in [0.5, 0.6) is 5.75 Å². The summed E-state index contributed by atoms with van der Waals surface area (Å²) in [5.41, 5.74) is 1.18. The molecule has 160 valence electrons. The number of guanidine groups is 1. The third-order valence-electron chi connectivity index (χ3n) is 6.70. The SMILES string of the molecule is CN=C(NCC1(N2CCCC2)CCOCC1)NC1CC(C)(C)Oc2ccccc21. The normalized spacial score (nSPS) is 26.4. The first-order valence-corrected chi connectivity index (χ1v) is 11.1. The number of hydrogen-bond donors (Lipinski definition) is 2. The highest BCUT2D eigenvalue weighted by Crippen LogP contribution is 2.39. The van der Waals surface area contributed by atoms with Crippen molar-refractivity contribution in [1.29, 1.82) is 0 Å². The van der Waals surface area contributed by atoms with Crippen molar-refractivity contribution >= 4 is 5.96 Å². The Morgan fingerprint density at radius 2 is 1.90 bits per heavy atom. The van der Waals surface area contributed by atoms with Crippen LogP contribution in [0.15, 0.2) is 29.3 Å². The maximum absolute atomic E-state index is 6.18. The number of fused-ring (bicyclic) bond motifs is 1. The van der Waals surface area contributed by atoms with Crippen molar-refractivity contribution in [2.24, 2.45) is 4.99 Å². The molecule has 2 saturated heterocycles. The summed E-state index contributed by atoms with van der Waals surface area (Å²) in [4.78, 5) is 7.23. The van der Waals surface area contributed by atoms with Gasteiger partial charge in [-0.25, -0.2) is 0 Å². The van der Waals surface area contributed by atoms with Gasteiger partial charge < -0.3 is 20.1 Å². The van der Waals surface area contributed by atoms with Crippen LogP contribution in [0.25, 0.3) is 0 Å². The topological polar surface area (TPSA) is 58.1 Å². The van der Waals surface area contributed by atoms with Crippen LogP contribution in [0.1, 0.15) is 57.6 Å². The molecule has 3 aliphatic heterocycles. The molecule has 0 saturated carbocycles. The van der Waals surface area contributed by atoms with Gasteiger partial charge in [0.25, 0.3) is 0 Å². The fraction of sp³-hybridized carbons (Fsp3) is 0.696. The van der Waals surface area contributed by atoms with Crippen LogP contribution in [0.3, 0.4) is 0 Å². The molecule has 2 fully saturated rings. The maximum Gasteiger partial charge on any atom is 0.191 e. The van der Waals surface area contributed by atoms with E-state index in [4.69, 9.17) is 9.47 Å². The third-order valence-corrected chi connectivity index (χ3v) is 6.70. The van der Waals surface area contributed by atoms with Crippen molar-refractivity contribution < 1.29 is 9.47 Å². The Balaban J connectivity index is 1.45. The molecule has 0 amide bonds. The van der Waals surface area contributed by atoms with Crippen molar-refractivity contribution in [3.63, 3.8) is 0 Å². The lowest BCUT2D eigenvalue weighted by Crippen LogP contribution is -2.59. The van der Waals surface area contributed by atoms with E-state index in [1.807, 2.05) is 13.1 Å². The van der Waals surface area contributed by atoms with E-state index in [9.17, 15) is 0 Å². The predicted molar refractivity (Wildman–Crippen MR) is 117 cm³/mol. The lowest BCUT2D eigenvalue weighted by Gasteiger charge is -2.45. The van der Waals surface area contributed by atoms with Gasteiger partial charge in [0.2, 0.25) is 0 Å². The van der Waals surface area contributed by atoms with Crippen molar-refractivity contribution in [2.45, 2.75) is 63.1 Å². The van der Waals surface area contributed by atoms with Gasteiger partial charge >= 0.3 is 0 Å².